The molecule has 6 rings (SSSR count). The van der Waals surface area contributed by atoms with E-state index in [1.165, 1.54) is 0 Å². The molecule has 6 fully saturated rings. The summed E-state index contributed by atoms with van der Waals surface area (Å²) in [6.07, 6.45) is 0. The van der Waals surface area contributed by atoms with E-state index < -0.39 is 70.4 Å². The molecule has 0 spiro atoms. The lowest BCUT2D eigenvalue weighted by Gasteiger charge is -2.63. The van der Waals surface area contributed by atoms with Crippen molar-refractivity contribution in [3.05, 3.63) is 0 Å². The van der Waals surface area contributed by atoms with E-state index in [9.17, 15) is 0 Å². The van der Waals surface area contributed by atoms with Crippen molar-refractivity contribution in [1.82, 2.24) is 0 Å². The van der Waals surface area contributed by atoms with Gasteiger partial charge in [-0.3, -0.25) is 0 Å². The second kappa shape index (κ2) is 14.4. The third kappa shape index (κ3) is 9.39. The van der Waals surface area contributed by atoms with Crippen LogP contribution < -0.4 is 0 Å². The second-order valence-electron chi connectivity index (χ2n) is 18.1. The molecule has 0 amide bonds. The molecular formula is C29H66O12Si8. The van der Waals surface area contributed by atoms with Crippen LogP contribution in [-0.2, 0) is 49.4 Å². The highest BCUT2D eigenvalue weighted by molar-refractivity contribution is 7.03. The molecule has 0 aromatic carbocycles. The second-order valence-corrected chi connectivity index (χ2v) is 42.0. The smallest absolute Gasteiger partial charge is 0.373 e. The first-order chi connectivity index (χ1) is 22.4. The molecule has 20 heteroatoms. The van der Waals surface area contributed by atoms with Crippen molar-refractivity contribution in [1.29, 1.82) is 0 Å². The van der Waals surface area contributed by atoms with Gasteiger partial charge in [0, 0.05) is 48.9 Å². The fourth-order valence-corrected chi connectivity index (χ4v) is 58.7. The summed E-state index contributed by atoms with van der Waals surface area (Å²) in [6.45, 7) is 32.2. The molecule has 49 heavy (non-hydrogen) atoms. The molecule has 0 radical (unpaired) electrons. The predicted octanol–water partition coefficient (Wildman–Crippen LogP) is 7.99. The third-order valence-corrected chi connectivity index (χ3v) is 48.2. The average molecular weight is 832 g/mol. The summed E-state index contributed by atoms with van der Waals surface area (Å²) in [5, 5.41) is 0. The van der Waals surface area contributed by atoms with Crippen molar-refractivity contribution in [3.63, 3.8) is 0 Å². The average Bonchev–Trinajstić information content (AvgIpc) is 2.74. The van der Waals surface area contributed by atoms with Crippen LogP contribution in [0.3, 0.4) is 0 Å². The van der Waals surface area contributed by atoms with Gasteiger partial charge in [-0.15, -0.1) is 0 Å². The molecule has 6 aliphatic heterocycles. The van der Waals surface area contributed by atoms with Gasteiger partial charge in [-0.25, -0.2) is 0 Å². The molecule has 0 unspecified atom stereocenters. The molecule has 6 aliphatic rings. The van der Waals surface area contributed by atoms with Gasteiger partial charge in [-0.2, -0.15) is 0 Å². The van der Waals surface area contributed by atoms with Crippen LogP contribution in [0.1, 0.15) is 96.9 Å². The Balaban J connectivity index is 1.93. The van der Waals surface area contributed by atoms with Crippen molar-refractivity contribution in [2.45, 2.75) is 146 Å². The Labute approximate surface area is 305 Å². The predicted molar refractivity (Wildman–Crippen MR) is 202 cm³/mol. The van der Waals surface area contributed by atoms with Gasteiger partial charge >= 0.3 is 70.4 Å². The van der Waals surface area contributed by atoms with Crippen LogP contribution in [0.25, 0.3) is 0 Å². The summed E-state index contributed by atoms with van der Waals surface area (Å²) in [5.74, 6) is 1.08. The summed E-state index contributed by atoms with van der Waals surface area (Å²) < 4.78 is 90.9. The third-order valence-electron chi connectivity index (χ3n) is 8.43. The van der Waals surface area contributed by atoms with Crippen molar-refractivity contribution < 1.29 is 49.4 Å². The van der Waals surface area contributed by atoms with E-state index >= 15 is 0 Å². The molecular weight excluding hydrogens is 765 g/mol. The number of hydrogen-bond donors (Lipinski definition) is 0. The molecule has 0 N–H and O–H groups in total. The van der Waals surface area contributed by atoms with E-state index in [1.807, 2.05) is 6.55 Å². The number of hydrogen-bond acceptors (Lipinski definition) is 12. The SMILES string of the molecule is CC(C)C[Si]12O[Si]3(C)O[Si]4(CC(C)C)O[Si](CC(C)C)(O1)O[Si]1(CC(C)C)O[Si](CC(C)C)(O2)O[Si](CC(C)C)(O3)O[Si](CC(C)C)(O4)O1. The van der Waals surface area contributed by atoms with Gasteiger partial charge in [-0.05, 0) is 41.4 Å². The van der Waals surface area contributed by atoms with E-state index in [-0.39, 0.29) is 41.4 Å². The first kappa shape index (κ1) is 41.4. The summed E-state index contributed by atoms with van der Waals surface area (Å²) >= 11 is 0. The van der Waals surface area contributed by atoms with Crippen LogP contribution in [0.2, 0.25) is 48.9 Å². The first-order valence-electron chi connectivity index (χ1n) is 18.8. The van der Waals surface area contributed by atoms with E-state index in [1.54, 1.807) is 0 Å². The molecule has 12 nitrogen and oxygen atoms in total. The zero-order chi connectivity index (χ0) is 36.5. The zero-order valence-corrected chi connectivity index (χ0v) is 40.9. The molecule has 0 atom stereocenters. The van der Waals surface area contributed by atoms with Gasteiger partial charge in [-0.1, -0.05) is 96.9 Å². The van der Waals surface area contributed by atoms with Crippen molar-refractivity contribution >= 4 is 70.4 Å². The van der Waals surface area contributed by atoms with Crippen LogP contribution in [-0.4, -0.2) is 70.4 Å². The van der Waals surface area contributed by atoms with E-state index in [0.29, 0.717) is 42.3 Å². The molecule has 0 aromatic heterocycles. The Hall–Kier alpha value is 1.26. The normalized spacial score (nSPS) is 43.7. The van der Waals surface area contributed by atoms with Crippen LogP contribution in [0.15, 0.2) is 0 Å². The highest BCUT2D eigenvalue weighted by Crippen LogP contribution is 2.55. The molecule has 286 valence electrons. The van der Waals surface area contributed by atoms with Crippen molar-refractivity contribution in [2.24, 2.45) is 41.4 Å². The Bertz CT molecular complexity index is 1030. The lowest BCUT2D eigenvalue weighted by Crippen LogP contribution is -2.88. The minimum Gasteiger partial charge on any atom is -0.373 e. The largest absolute Gasteiger partial charge is 0.479 e. The maximum Gasteiger partial charge on any atom is 0.479 e. The summed E-state index contributed by atoms with van der Waals surface area (Å²) in [6, 6.07) is 3.56. The van der Waals surface area contributed by atoms with E-state index in [2.05, 4.69) is 96.9 Å². The lowest BCUT2D eigenvalue weighted by molar-refractivity contribution is -0.0325. The summed E-state index contributed by atoms with van der Waals surface area (Å²) in [4.78, 5) is 0. The molecule has 6 saturated heterocycles. The van der Waals surface area contributed by atoms with E-state index in [4.69, 9.17) is 49.4 Å². The van der Waals surface area contributed by atoms with Gasteiger partial charge in [0.05, 0.1) is 0 Å². The maximum absolute atomic E-state index is 7.66. The quantitative estimate of drug-likeness (QED) is 0.158. The Morgan fingerprint density at radius 3 is 0.490 bits per heavy atom. The minimum atomic E-state index is -3.83. The Morgan fingerprint density at radius 1 is 0.245 bits per heavy atom. The van der Waals surface area contributed by atoms with Gasteiger partial charge in [0.1, 0.15) is 0 Å². The zero-order valence-electron chi connectivity index (χ0n) is 32.9. The van der Waals surface area contributed by atoms with Crippen LogP contribution >= 0.6 is 0 Å². The number of rotatable bonds is 14. The molecule has 0 saturated carbocycles. The summed E-state index contributed by atoms with van der Waals surface area (Å²) in [7, 11) is -30.4. The minimum absolute atomic E-state index is 0.153. The summed E-state index contributed by atoms with van der Waals surface area (Å²) in [5.41, 5.74) is 0. The van der Waals surface area contributed by atoms with E-state index in [0.717, 1.165) is 0 Å². The highest BCUT2D eigenvalue weighted by atomic mass is 28.6. The topological polar surface area (TPSA) is 111 Å². The monoisotopic (exact) mass is 830 g/mol. The molecule has 0 aromatic rings. The maximum atomic E-state index is 7.66. The van der Waals surface area contributed by atoms with Crippen LogP contribution in [0.4, 0.5) is 0 Å². The molecule has 8 bridgehead atoms. The first-order valence-corrected chi connectivity index (χ1v) is 34.6. The standard InChI is InChI=1S/C29H66O12Si8/c1-23(2)16-43-30-42(15)31-44(17-24(3)4)35-46(33-43,19-26(7)8)39-49(22-29(13)14)40-47(34-43,20-27(9)10)36-45(32-42,18-25(5)6)38-48(37-44,41-49)21-28(11)12/h23-29H,16-22H2,1-15H3. The van der Waals surface area contributed by atoms with Crippen molar-refractivity contribution in [3.8, 4) is 0 Å². The fraction of sp³-hybridized carbons (Fsp3) is 1.00. The van der Waals surface area contributed by atoms with Crippen LogP contribution in [0.5, 0.6) is 0 Å². The fourth-order valence-electron chi connectivity index (χ4n) is 7.85. The van der Waals surface area contributed by atoms with Crippen molar-refractivity contribution in [2.75, 3.05) is 0 Å². The molecule has 6 heterocycles. The van der Waals surface area contributed by atoms with Gasteiger partial charge in [0.2, 0.25) is 0 Å². The Morgan fingerprint density at radius 2 is 0.367 bits per heavy atom. The van der Waals surface area contributed by atoms with Gasteiger partial charge < -0.3 is 49.4 Å². The van der Waals surface area contributed by atoms with Gasteiger partial charge in [0.25, 0.3) is 0 Å². The Kier molecular flexibility index (Phi) is 12.2. The lowest BCUT2D eigenvalue weighted by atomic mass is 10.3. The van der Waals surface area contributed by atoms with Gasteiger partial charge in [0.15, 0.2) is 0 Å². The molecule has 0 aliphatic carbocycles. The highest BCUT2D eigenvalue weighted by Gasteiger charge is 2.82. The van der Waals surface area contributed by atoms with Crippen LogP contribution in [0, 0.1) is 41.4 Å².